The first-order chi connectivity index (χ1) is 11.2. The highest BCUT2D eigenvalue weighted by Crippen LogP contribution is 2.28. The number of para-hydroxylation sites is 2. The number of nitrogens with one attached hydrogen (secondary N) is 1. The van der Waals surface area contributed by atoms with Gasteiger partial charge in [-0.05, 0) is 25.0 Å². The molecule has 0 spiro atoms. The zero-order valence-electron chi connectivity index (χ0n) is 14.2. The van der Waals surface area contributed by atoms with Gasteiger partial charge in [0.05, 0.1) is 5.54 Å². The Hall–Kier alpha value is -1.67. The van der Waals surface area contributed by atoms with Crippen LogP contribution in [-0.4, -0.2) is 37.4 Å². The van der Waals surface area contributed by atoms with E-state index in [-0.39, 0.29) is 37.1 Å². The number of amides is 1. The van der Waals surface area contributed by atoms with Crippen molar-refractivity contribution < 1.29 is 27.4 Å². The molecule has 0 bridgehead atoms. The van der Waals surface area contributed by atoms with Crippen molar-refractivity contribution in [1.82, 2.24) is 5.32 Å². The van der Waals surface area contributed by atoms with Gasteiger partial charge >= 0.3 is 6.18 Å². The van der Waals surface area contributed by atoms with Gasteiger partial charge in [0.25, 0.3) is 5.91 Å². The number of nitrogens with two attached hydrogens (primary N) is 1. The van der Waals surface area contributed by atoms with Gasteiger partial charge in [-0.1, -0.05) is 26.0 Å². The summed E-state index contributed by atoms with van der Waals surface area (Å²) < 4.78 is 46.7. The molecule has 1 amide bonds. The van der Waals surface area contributed by atoms with Gasteiger partial charge in [-0.3, -0.25) is 4.79 Å². The van der Waals surface area contributed by atoms with Gasteiger partial charge in [0, 0.05) is 6.54 Å². The molecule has 0 atom stereocenters. The maximum absolute atomic E-state index is 12.2. The van der Waals surface area contributed by atoms with Gasteiger partial charge in [-0.15, -0.1) is 12.4 Å². The minimum atomic E-state index is -4.45. The van der Waals surface area contributed by atoms with Crippen molar-refractivity contribution in [3.63, 3.8) is 0 Å². The maximum atomic E-state index is 12.2. The summed E-state index contributed by atoms with van der Waals surface area (Å²) in [5, 5.41) is 2.82. The number of benzene rings is 1. The molecular weight excluding hydrogens is 361 g/mol. The van der Waals surface area contributed by atoms with Crippen molar-refractivity contribution in [1.29, 1.82) is 0 Å². The number of halogens is 4. The second-order valence-electron chi connectivity index (χ2n) is 5.38. The van der Waals surface area contributed by atoms with Crippen LogP contribution in [0.15, 0.2) is 24.3 Å². The first kappa shape index (κ1) is 23.3. The van der Waals surface area contributed by atoms with E-state index >= 15 is 0 Å². The molecule has 0 radical (unpaired) electrons. The third-order valence-corrected chi connectivity index (χ3v) is 3.75. The molecular formula is C16H24ClF3N2O3. The average Bonchev–Trinajstić information content (AvgIpc) is 2.56. The molecule has 0 aliphatic rings. The predicted molar refractivity (Wildman–Crippen MR) is 91.2 cm³/mol. The van der Waals surface area contributed by atoms with Crippen LogP contribution in [0.3, 0.4) is 0 Å². The zero-order chi connectivity index (χ0) is 18.2. The second kappa shape index (κ2) is 10.4. The van der Waals surface area contributed by atoms with E-state index in [1.54, 1.807) is 6.07 Å². The largest absolute Gasteiger partial charge is 0.480 e. The summed E-state index contributed by atoms with van der Waals surface area (Å²) in [6.07, 6.45) is -3.12. The van der Waals surface area contributed by atoms with Gasteiger partial charge < -0.3 is 20.5 Å². The fourth-order valence-corrected chi connectivity index (χ4v) is 2.09. The molecule has 0 saturated carbocycles. The maximum Gasteiger partial charge on any atom is 0.422 e. The topological polar surface area (TPSA) is 73.6 Å². The third-order valence-electron chi connectivity index (χ3n) is 3.75. The van der Waals surface area contributed by atoms with Crippen LogP contribution in [0, 0.1) is 0 Å². The Morgan fingerprint density at radius 2 is 1.64 bits per heavy atom. The van der Waals surface area contributed by atoms with Crippen LogP contribution in [0.5, 0.6) is 11.5 Å². The minimum Gasteiger partial charge on any atom is -0.480 e. The first-order valence-corrected chi connectivity index (χ1v) is 7.67. The Bertz CT molecular complexity index is 529. The summed E-state index contributed by atoms with van der Waals surface area (Å²) in [5.41, 5.74) is 5.20. The molecule has 1 aromatic carbocycles. The number of hydrogen-bond acceptors (Lipinski definition) is 4. The highest BCUT2D eigenvalue weighted by atomic mass is 35.5. The minimum absolute atomic E-state index is 0. The first-order valence-electron chi connectivity index (χ1n) is 7.67. The van der Waals surface area contributed by atoms with Gasteiger partial charge in [0.15, 0.2) is 24.7 Å². The van der Waals surface area contributed by atoms with Gasteiger partial charge in [-0.2, -0.15) is 13.2 Å². The van der Waals surface area contributed by atoms with Crippen molar-refractivity contribution >= 4 is 18.3 Å². The van der Waals surface area contributed by atoms with Crippen LogP contribution in [0.25, 0.3) is 0 Å². The van der Waals surface area contributed by atoms with Crippen molar-refractivity contribution in [2.45, 2.75) is 38.4 Å². The summed E-state index contributed by atoms with van der Waals surface area (Å²) in [5.74, 6) is -0.392. The van der Waals surface area contributed by atoms with E-state index in [1.807, 2.05) is 13.8 Å². The molecule has 25 heavy (non-hydrogen) atoms. The molecule has 144 valence electrons. The molecule has 0 aliphatic heterocycles. The summed E-state index contributed by atoms with van der Waals surface area (Å²) in [7, 11) is 0. The Labute approximate surface area is 151 Å². The fourth-order valence-electron chi connectivity index (χ4n) is 2.09. The van der Waals surface area contributed by atoms with Crippen LogP contribution in [0.2, 0.25) is 0 Å². The number of hydrogen-bond donors (Lipinski definition) is 2. The highest BCUT2D eigenvalue weighted by Gasteiger charge is 2.29. The van der Waals surface area contributed by atoms with Crippen molar-refractivity contribution in [3.05, 3.63) is 24.3 Å². The number of alkyl halides is 3. The molecule has 0 fully saturated rings. The molecule has 1 aromatic rings. The van der Waals surface area contributed by atoms with Gasteiger partial charge in [0.1, 0.15) is 0 Å². The van der Waals surface area contributed by atoms with Crippen LogP contribution >= 0.6 is 12.4 Å². The number of ether oxygens (including phenoxy) is 2. The zero-order valence-corrected chi connectivity index (χ0v) is 15.0. The SMILES string of the molecule is CCC(CC)(CN)NC(=O)COc1ccccc1OCC(F)(F)F.Cl. The summed E-state index contributed by atoms with van der Waals surface area (Å²) in [4.78, 5) is 12.0. The fraction of sp³-hybridized carbons (Fsp3) is 0.562. The Morgan fingerprint density at radius 1 is 1.12 bits per heavy atom. The number of carbonyl (C=O) groups excluding carboxylic acids is 1. The number of rotatable bonds is 9. The van der Waals surface area contributed by atoms with E-state index in [0.717, 1.165) is 0 Å². The molecule has 3 N–H and O–H groups in total. The Balaban J connectivity index is 0.00000576. The quantitative estimate of drug-likeness (QED) is 0.686. The molecule has 9 heteroatoms. The second-order valence-corrected chi connectivity index (χ2v) is 5.38. The summed E-state index contributed by atoms with van der Waals surface area (Å²) in [6, 6.07) is 5.89. The van der Waals surface area contributed by atoms with E-state index in [2.05, 4.69) is 5.32 Å². The van der Waals surface area contributed by atoms with Crippen LogP contribution in [0.1, 0.15) is 26.7 Å². The predicted octanol–water partition coefficient (Wildman–Crippen LogP) is 3.06. The van der Waals surface area contributed by atoms with E-state index in [4.69, 9.17) is 15.2 Å². The molecule has 1 rings (SSSR count). The van der Waals surface area contributed by atoms with Gasteiger partial charge in [-0.25, -0.2) is 0 Å². The lowest BCUT2D eigenvalue weighted by molar-refractivity contribution is -0.153. The smallest absolute Gasteiger partial charge is 0.422 e. The van der Waals surface area contributed by atoms with E-state index in [0.29, 0.717) is 12.8 Å². The number of carbonyl (C=O) groups is 1. The lowest BCUT2D eigenvalue weighted by atomic mass is 9.93. The van der Waals surface area contributed by atoms with Crippen molar-refractivity contribution in [3.8, 4) is 11.5 Å². The molecule has 5 nitrogen and oxygen atoms in total. The summed E-state index contributed by atoms with van der Waals surface area (Å²) in [6.45, 7) is 2.35. The average molecular weight is 385 g/mol. The highest BCUT2D eigenvalue weighted by molar-refractivity contribution is 5.85. The molecule has 0 heterocycles. The van der Waals surface area contributed by atoms with Crippen LogP contribution in [0.4, 0.5) is 13.2 Å². The molecule has 0 saturated heterocycles. The van der Waals surface area contributed by atoms with E-state index in [1.165, 1.54) is 18.2 Å². The van der Waals surface area contributed by atoms with Gasteiger partial charge in [0.2, 0.25) is 0 Å². The van der Waals surface area contributed by atoms with E-state index < -0.39 is 24.2 Å². The van der Waals surface area contributed by atoms with E-state index in [9.17, 15) is 18.0 Å². The Kier molecular flexibility index (Phi) is 9.66. The normalized spacial score (nSPS) is 11.4. The van der Waals surface area contributed by atoms with Crippen molar-refractivity contribution in [2.24, 2.45) is 5.73 Å². The Morgan fingerprint density at radius 3 is 2.08 bits per heavy atom. The standard InChI is InChI=1S/C16H23F3N2O3.ClH/c1-3-15(4-2,10-20)21-14(22)9-23-12-7-5-6-8-13(12)24-11-16(17,18)19;/h5-8H,3-4,9-11,20H2,1-2H3,(H,21,22);1H. The lowest BCUT2D eigenvalue weighted by Gasteiger charge is -2.31. The molecule has 0 unspecified atom stereocenters. The summed E-state index contributed by atoms with van der Waals surface area (Å²) >= 11 is 0. The monoisotopic (exact) mass is 384 g/mol. The third kappa shape index (κ3) is 7.83. The lowest BCUT2D eigenvalue weighted by Crippen LogP contribution is -2.54. The molecule has 0 aromatic heterocycles. The van der Waals surface area contributed by atoms with Crippen LogP contribution < -0.4 is 20.5 Å². The van der Waals surface area contributed by atoms with Crippen LogP contribution in [-0.2, 0) is 4.79 Å². The molecule has 0 aliphatic carbocycles. The van der Waals surface area contributed by atoms with Crippen molar-refractivity contribution in [2.75, 3.05) is 19.8 Å².